The first-order valence-electron chi connectivity index (χ1n) is 12.6. The van der Waals surface area contributed by atoms with Crippen LogP contribution in [0.4, 0.5) is 0 Å². The summed E-state index contributed by atoms with van der Waals surface area (Å²) in [5, 5.41) is 27.9. The number of carbonyl (C=O) groups excluding carboxylic acids is 2. The lowest BCUT2D eigenvalue weighted by Crippen LogP contribution is -2.50. The molecule has 0 atom stereocenters. The predicted molar refractivity (Wildman–Crippen MR) is 132 cm³/mol. The second-order valence-corrected chi connectivity index (χ2v) is 9.78. The van der Waals surface area contributed by atoms with Gasteiger partial charge in [-0.2, -0.15) is 0 Å². The molecule has 2 rings (SSSR count). The number of carboxylic acids is 3. The summed E-state index contributed by atoms with van der Waals surface area (Å²) in [5.41, 5.74) is 5.29. The van der Waals surface area contributed by atoms with E-state index in [1.54, 1.807) is 19.6 Å². The van der Waals surface area contributed by atoms with Gasteiger partial charge in [0.1, 0.15) is 0 Å². The minimum Gasteiger partial charge on any atom is -0.480 e. The first-order valence-corrected chi connectivity index (χ1v) is 12.6. The Balaban J connectivity index is 2.06. The first-order chi connectivity index (χ1) is 17.5. The van der Waals surface area contributed by atoms with E-state index in [0.717, 1.165) is 0 Å². The number of nitrogens with two attached hydrogens (primary N) is 1. The molecule has 0 aliphatic carbocycles. The molecule has 14 nitrogen and oxygen atoms in total. The van der Waals surface area contributed by atoms with E-state index in [1.165, 1.54) is 0 Å². The summed E-state index contributed by atoms with van der Waals surface area (Å²) >= 11 is 0. The largest absolute Gasteiger partial charge is 0.480 e. The maximum atomic E-state index is 13.0. The normalized spacial score (nSPS) is 20.6. The van der Waals surface area contributed by atoms with Gasteiger partial charge < -0.3 is 26.0 Å². The van der Waals surface area contributed by atoms with E-state index in [9.17, 15) is 39.3 Å². The standard InChI is InChI=1S/C23H40N6O8/c24-19(30)13-18-1-3-29(4-2-18)20(31)14-25-5-7-26(15-21(32)33)9-11-28(17-23(36)37)12-10-27(8-6-25)16-22(34)35/h18H,1-17H2,(H2,24,30)(H,32,33)(H,34,35)(H,36,37). The van der Waals surface area contributed by atoms with Gasteiger partial charge >= 0.3 is 17.9 Å². The number of rotatable bonds is 10. The third-order valence-corrected chi connectivity index (χ3v) is 6.82. The topological polar surface area (TPSA) is 188 Å². The number of amides is 2. The van der Waals surface area contributed by atoms with E-state index in [2.05, 4.69) is 0 Å². The molecule has 5 N–H and O–H groups in total. The molecule has 0 saturated carbocycles. The van der Waals surface area contributed by atoms with Gasteiger partial charge in [0.25, 0.3) is 0 Å². The van der Waals surface area contributed by atoms with Crippen LogP contribution < -0.4 is 5.73 Å². The molecule has 0 aromatic heterocycles. The van der Waals surface area contributed by atoms with Crippen molar-refractivity contribution >= 4 is 29.7 Å². The van der Waals surface area contributed by atoms with Crippen LogP contribution in [-0.4, -0.2) is 161 Å². The van der Waals surface area contributed by atoms with Crippen molar-refractivity contribution in [1.29, 1.82) is 0 Å². The summed E-state index contributed by atoms with van der Waals surface area (Å²) in [7, 11) is 0. The van der Waals surface area contributed by atoms with Crippen molar-refractivity contribution in [2.75, 3.05) is 91.6 Å². The molecule has 0 bridgehead atoms. The number of piperidine rings is 1. The molecule has 0 spiro atoms. The number of hydrogen-bond acceptors (Lipinski definition) is 9. The quantitative estimate of drug-likeness (QED) is 0.235. The number of hydrogen-bond donors (Lipinski definition) is 4. The molecule has 2 aliphatic rings. The van der Waals surface area contributed by atoms with Gasteiger partial charge in [-0.3, -0.25) is 43.6 Å². The molecule has 2 heterocycles. The Hall–Kier alpha value is -2.81. The average Bonchev–Trinajstić information content (AvgIpc) is 2.79. The molecule has 0 radical (unpaired) electrons. The number of carbonyl (C=O) groups is 5. The molecule has 210 valence electrons. The minimum absolute atomic E-state index is 0.0631. The number of primary amides is 1. The first kappa shape index (κ1) is 30.4. The predicted octanol–water partition coefficient (Wildman–Crippen LogP) is -2.42. The molecule has 37 heavy (non-hydrogen) atoms. The van der Waals surface area contributed by atoms with Gasteiger partial charge in [0, 0.05) is 71.9 Å². The number of likely N-dealkylation sites (tertiary alicyclic amines) is 1. The Morgan fingerprint density at radius 1 is 0.568 bits per heavy atom. The summed E-state index contributed by atoms with van der Waals surface area (Å²) in [6, 6.07) is 0. The van der Waals surface area contributed by atoms with Crippen LogP contribution in [0.25, 0.3) is 0 Å². The molecule has 2 amide bonds. The molecule has 2 fully saturated rings. The monoisotopic (exact) mass is 528 g/mol. The van der Waals surface area contributed by atoms with Crippen LogP contribution in [0, 0.1) is 5.92 Å². The highest BCUT2D eigenvalue weighted by Gasteiger charge is 2.26. The lowest BCUT2D eigenvalue weighted by Gasteiger charge is -2.35. The van der Waals surface area contributed by atoms with Gasteiger partial charge in [-0.25, -0.2) is 0 Å². The van der Waals surface area contributed by atoms with E-state index >= 15 is 0 Å². The number of nitrogens with zero attached hydrogens (tertiary/aromatic N) is 5. The highest BCUT2D eigenvalue weighted by molar-refractivity contribution is 5.78. The van der Waals surface area contributed by atoms with E-state index in [-0.39, 0.29) is 43.9 Å². The van der Waals surface area contributed by atoms with Crippen LogP contribution in [0.3, 0.4) is 0 Å². The van der Waals surface area contributed by atoms with Crippen molar-refractivity contribution in [1.82, 2.24) is 24.5 Å². The van der Waals surface area contributed by atoms with E-state index < -0.39 is 17.9 Å². The van der Waals surface area contributed by atoms with Crippen molar-refractivity contribution in [2.45, 2.75) is 19.3 Å². The maximum absolute atomic E-state index is 13.0. The summed E-state index contributed by atoms with van der Waals surface area (Å²) in [5.74, 6) is -3.22. The third kappa shape index (κ3) is 12.3. The summed E-state index contributed by atoms with van der Waals surface area (Å²) < 4.78 is 0. The van der Waals surface area contributed by atoms with Crippen molar-refractivity contribution in [2.24, 2.45) is 11.7 Å². The fourth-order valence-corrected chi connectivity index (χ4v) is 4.75. The molecule has 0 unspecified atom stereocenters. The Kier molecular flexibility index (Phi) is 12.7. The molecular weight excluding hydrogens is 488 g/mol. The van der Waals surface area contributed by atoms with Gasteiger partial charge in [-0.05, 0) is 18.8 Å². The smallest absolute Gasteiger partial charge is 0.317 e. The minimum atomic E-state index is -1.01. The molecule has 2 saturated heterocycles. The van der Waals surface area contributed by atoms with Crippen LogP contribution >= 0.6 is 0 Å². The lowest BCUT2D eigenvalue weighted by atomic mass is 9.93. The third-order valence-electron chi connectivity index (χ3n) is 6.82. The van der Waals surface area contributed by atoms with E-state index in [4.69, 9.17) is 5.73 Å². The van der Waals surface area contributed by atoms with E-state index in [0.29, 0.717) is 84.7 Å². The highest BCUT2D eigenvalue weighted by Crippen LogP contribution is 2.20. The number of carboxylic acid groups (broad SMARTS) is 3. The SMILES string of the molecule is NC(=O)CC1CCN(C(=O)CN2CCN(CC(=O)O)CCN(CC(=O)O)CCN(CC(=O)O)CC2)CC1. The Morgan fingerprint density at radius 2 is 0.892 bits per heavy atom. The number of aliphatic carboxylic acids is 3. The van der Waals surface area contributed by atoms with Crippen LogP contribution in [0.15, 0.2) is 0 Å². The van der Waals surface area contributed by atoms with Crippen molar-refractivity contribution in [3.05, 3.63) is 0 Å². The van der Waals surface area contributed by atoms with Crippen LogP contribution in [0.2, 0.25) is 0 Å². The van der Waals surface area contributed by atoms with Gasteiger partial charge in [0.2, 0.25) is 11.8 Å². The zero-order chi connectivity index (χ0) is 27.4. The summed E-state index contributed by atoms with van der Waals surface area (Å²) in [4.78, 5) is 67.1. The van der Waals surface area contributed by atoms with Crippen LogP contribution in [0.1, 0.15) is 19.3 Å². The van der Waals surface area contributed by atoms with Crippen LogP contribution in [0.5, 0.6) is 0 Å². The Bertz CT molecular complexity index is 772. The molecule has 0 aromatic rings. The van der Waals surface area contributed by atoms with Crippen molar-refractivity contribution < 1.29 is 39.3 Å². The molecule has 0 aromatic carbocycles. The fraction of sp³-hybridized carbons (Fsp3) is 0.783. The second-order valence-electron chi connectivity index (χ2n) is 9.78. The zero-order valence-electron chi connectivity index (χ0n) is 21.3. The maximum Gasteiger partial charge on any atom is 0.317 e. The highest BCUT2D eigenvalue weighted by atomic mass is 16.4. The molecular formula is C23H40N6O8. The zero-order valence-corrected chi connectivity index (χ0v) is 21.3. The molecule has 14 heteroatoms. The van der Waals surface area contributed by atoms with Gasteiger partial charge in [-0.15, -0.1) is 0 Å². The van der Waals surface area contributed by atoms with Crippen molar-refractivity contribution in [3.63, 3.8) is 0 Å². The van der Waals surface area contributed by atoms with Gasteiger partial charge in [0.05, 0.1) is 26.2 Å². The fourth-order valence-electron chi connectivity index (χ4n) is 4.75. The lowest BCUT2D eigenvalue weighted by molar-refractivity contribution is -0.141. The van der Waals surface area contributed by atoms with Crippen molar-refractivity contribution in [3.8, 4) is 0 Å². The Labute approximate surface area is 216 Å². The van der Waals surface area contributed by atoms with E-state index in [1.807, 2.05) is 4.90 Å². The van der Waals surface area contributed by atoms with Gasteiger partial charge in [-0.1, -0.05) is 0 Å². The van der Waals surface area contributed by atoms with Crippen LogP contribution in [-0.2, 0) is 24.0 Å². The summed E-state index contributed by atoms with van der Waals surface area (Å²) in [6.45, 7) is 3.38. The Morgan fingerprint density at radius 3 is 1.19 bits per heavy atom. The van der Waals surface area contributed by atoms with Gasteiger partial charge in [0.15, 0.2) is 0 Å². The second kappa shape index (κ2) is 15.4. The average molecular weight is 529 g/mol. The summed E-state index contributed by atoms with van der Waals surface area (Å²) in [6.07, 6.45) is 1.73. The molecule has 2 aliphatic heterocycles.